The van der Waals surface area contributed by atoms with E-state index in [2.05, 4.69) is 24.1 Å². The Morgan fingerprint density at radius 1 is 1.23 bits per heavy atom. The molecular weight excluding hydrogens is 278 g/mol. The van der Waals surface area contributed by atoms with E-state index in [1.807, 2.05) is 29.2 Å². The lowest BCUT2D eigenvalue weighted by molar-refractivity contribution is 0.0614. The number of carbonyl (C=O) groups excluding carboxylic acids is 1. The number of benzene rings is 1. The molecule has 0 unspecified atom stereocenters. The summed E-state index contributed by atoms with van der Waals surface area (Å²) >= 11 is 0. The number of rotatable bonds is 7. The van der Waals surface area contributed by atoms with Gasteiger partial charge >= 0.3 is 6.03 Å². The van der Waals surface area contributed by atoms with Crippen LogP contribution in [0.4, 0.5) is 10.5 Å². The molecule has 0 aromatic heterocycles. The number of nitrogens with one attached hydrogen (secondary N) is 1. The van der Waals surface area contributed by atoms with E-state index in [1.165, 1.54) is 0 Å². The van der Waals surface area contributed by atoms with Gasteiger partial charge in [-0.3, -0.25) is 4.90 Å². The lowest BCUT2D eigenvalue weighted by Gasteiger charge is -2.45. The van der Waals surface area contributed by atoms with Crippen molar-refractivity contribution >= 4 is 11.7 Å². The summed E-state index contributed by atoms with van der Waals surface area (Å²) in [4.78, 5) is 16.6. The maximum atomic E-state index is 12.2. The predicted molar refractivity (Wildman–Crippen MR) is 89.5 cm³/mol. The van der Waals surface area contributed by atoms with Gasteiger partial charge in [-0.25, -0.2) is 4.79 Å². The Labute approximate surface area is 133 Å². The molecular formula is C17H27N3O2. The lowest BCUT2D eigenvalue weighted by Crippen LogP contribution is -2.62. The fraction of sp³-hybridized carbons (Fsp3) is 0.588. The van der Waals surface area contributed by atoms with Crippen molar-refractivity contribution < 1.29 is 9.53 Å². The minimum atomic E-state index is -0.0191. The molecule has 1 fully saturated rings. The highest BCUT2D eigenvalue weighted by atomic mass is 16.5. The monoisotopic (exact) mass is 305 g/mol. The smallest absolute Gasteiger partial charge is 0.321 e. The SMILES string of the molecule is CCCN(CCC)C1CN(C(=O)Nc2ccc(OC)cc2)C1. The van der Waals surface area contributed by atoms with Gasteiger partial charge in [0.25, 0.3) is 0 Å². The van der Waals surface area contributed by atoms with Crippen molar-refractivity contribution in [3.8, 4) is 5.75 Å². The van der Waals surface area contributed by atoms with E-state index in [-0.39, 0.29) is 6.03 Å². The number of hydrogen-bond donors (Lipinski definition) is 1. The number of urea groups is 1. The molecule has 1 aliphatic rings. The van der Waals surface area contributed by atoms with Crippen LogP contribution in [0.5, 0.6) is 5.75 Å². The van der Waals surface area contributed by atoms with Crippen molar-refractivity contribution in [2.24, 2.45) is 0 Å². The van der Waals surface area contributed by atoms with Gasteiger partial charge in [-0.2, -0.15) is 0 Å². The van der Waals surface area contributed by atoms with Crippen LogP contribution in [0.1, 0.15) is 26.7 Å². The number of hydrogen-bond acceptors (Lipinski definition) is 3. The van der Waals surface area contributed by atoms with Crippen LogP contribution >= 0.6 is 0 Å². The quantitative estimate of drug-likeness (QED) is 0.842. The highest BCUT2D eigenvalue weighted by Crippen LogP contribution is 2.19. The number of likely N-dealkylation sites (tertiary alicyclic amines) is 1. The molecule has 2 amide bonds. The van der Waals surface area contributed by atoms with Crippen LogP contribution in [-0.2, 0) is 0 Å². The molecule has 1 aliphatic heterocycles. The predicted octanol–water partition coefficient (Wildman–Crippen LogP) is 3.03. The van der Waals surface area contributed by atoms with Crippen LogP contribution < -0.4 is 10.1 Å². The van der Waals surface area contributed by atoms with Crippen LogP contribution in [0.15, 0.2) is 24.3 Å². The summed E-state index contributed by atoms with van der Waals surface area (Å²) in [5, 5.41) is 2.93. The van der Waals surface area contributed by atoms with Crippen molar-refractivity contribution in [2.45, 2.75) is 32.7 Å². The number of nitrogens with zero attached hydrogens (tertiary/aromatic N) is 2. The molecule has 1 aromatic rings. The maximum absolute atomic E-state index is 12.2. The molecule has 1 aromatic carbocycles. The Kier molecular flexibility index (Phi) is 6.07. The van der Waals surface area contributed by atoms with Gasteiger partial charge < -0.3 is 15.0 Å². The van der Waals surface area contributed by atoms with Crippen LogP contribution in [0.25, 0.3) is 0 Å². The van der Waals surface area contributed by atoms with Gasteiger partial charge in [0.05, 0.1) is 7.11 Å². The molecule has 0 atom stereocenters. The average Bonchev–Trinajstić information content (AvgIpc) is 2.47. The van der Waals surface area contributed by atoms with Crippen molar-refractivity contribution in [1.29, 1.82) is 0 Å². The standard InChI is InChI=1S/C17H27N3O2/c1-4-10-19(11-5-2)15-12-20(13-15)17(21)18-14-6-8-16(22-3)9-7-14/h6-9,15H,4-5,10-13H2,1-3H3,(H,18,21). The zero-order valence-corrected chi connectivity index (χ0v) is 13.8. The van der Waals surface area contributed by atoms with Gasteiger partial charge in [-0.1, -0.05) is 13.8 Å². The molecule has 2 rings (SSSR count). The number of ether oxygens (including phenoxy) is 1. The molecule has 22 heavy (non-hydrogen) atoms. The maximum Gasteiger partial charge on any atom is 0.321 e. The van der Waals surface area contributed by atoms with Gasteiger partial charge in [0.1, 0.15) is 5.75 Å². The third-order valence-electron chi connectivity index (χ3n) is 4.03. The van der Waals surface area contributed by atoms with Crippen LogP contribution in [-0.4, -0.2) is 55.2 Å². The highest BCUT2D eigenvalue weighted by molar-refractivity contribution is 5.90. The second-order valence-electron chi connectivity index (χ2n) is 5.75. The Bertz CT molecular complexity index is 463. The summed E-state index contributed by atoms with van der Waals surface area (Å²) in [6.07, 6.45) is 2.32. The summed E-state index contributed by atoms with van der Waals surface area (Å²) in [7, 11) is 1.63. The molecule has 1 N–H and O–H groups in total. The summed E-state index contributed by atoms with van der Waals surface area (Å²) < 4.78 is 5.11. The van der Waals surface area contributed by atoms with Gasteiger partial charge in [0, 0.05) is 24.8 Å². The van der Waals surface area contributed by atoms with Crippen molar-refractivity contribution in [3.05, 3.63) is 24.3 Å². The van der Waals surface area contributed by atoms with Crippen LogP contribution in [0.2, 0.25) is 0 Å². The number of carbonyl (C=O) groups is 1. The van der Waals surface area contributed by atoms with E-state index < -0.39 is 0 Å². The first-order chi connectivity index (χ1) is 10.7. The molecule has 0 bridgehead atoms. The van der Waals surface area contributed by atoms with Gasteiger partial charge in [0.2, 0.25) is 0 Å². The van der Waals surface area contributed by atoms with E-state index in [0.29, 0.717) is 6.04 Å². The van der Waals surface area contributed by atoms with E-state index in [4.69, 9.17) is 4.74 Å². The fourth-order valence-electron chi connectivity index (χ4n) is 2.78. The second-order valence-corrected chi connectivity index (χ2v) is 5.75. The summed E-state index contributed by atoms with van der Waals surface area (Å²) in [5.41, 5.74) is 0.799. The normalized spacial score (nSPS) is 14.8. The van der Waals surface area contributed by atoms with Crippen LogP contribution in [0.3, 0.4) is 0 Å². The average molecular weight is 305 g/mol. The molecule has 0 saturated carbocycles. The van der Waals surface area contributed by atoms with E-state index in [0.717, 1.165) is 50.5 Å². The van der Waals surface area contributed by atoms with Crippen molar-refractivity contribution in [3.63, 3.8) is 0 Å². The summed E-state index contributed by atoms with van der Waals surface area (Å²) in [5.74, 6) is 0.789. The zero-order chi connectivity index (χ0) is 15.9. The first-order valence-corrected chi connectivity index (χ1v) is 8.12. The lowest BCUT2D eigenvalue weighted by atomic mass is 10.1. The van der Waals surface area contributed by atoms with Gasteiger partial charge in [0.15, 0.2) is 0 Å². The summed E-state index contributed by atoms with van der Waals surface area (Å²) in [6.45, 7) is 8.29. The van der Waals surface area contributed by atoms with E-state index in [9.17, 15) is 4.79 Å². The molecule has 1 saturated heterocycles. The minimum absolute atomic E-state index is 0.0191. The number of amides is 2. The number of methoxy groups -OCH3 is 1. The molecule has 122 valence electrons. The van der Waals surface area contributed by atoms with Gasteiger partial charge in [-0.05, 0) is 50.2 Å². The summed E-state index contributed by atoms with van der Waals surface area (Å²) in [6, 6.07) is 7.90. The van der Waals surface area contributed by atoms with Gasteiger partial charge in [-0.15, -0.1) is 0 Å². The third-order valence-corrected chi connectivity index (χ3v) is 4.03. The second kappa shape index (κ2) is 8.03. The van der Waals surface area contributed by atoms with Crippen molar-refractivity contribution in [1.82, 2.24) is 9.80 Å². The highest BCUT2D eigenvalue weighted by Gasteiger charge is 2.34. The molecule has 5 heteroatoms. The first-order valence-electron chi connectivity index (χ1n) is 8.12. The van der Waals surface area contributed by atoms with E-state index in [1.54, 1.807) is 7.11 Å². The Morgan fingerprint density at radius 3 is 2.32 bits per heavy atom. The largest absolute Gasteiger partial charge is 0.497 e. The zero-order valence-electron chi connectivity index (χ0n) is 13.8. The molecule has 0 radical (unpaired) electrons. The molecule has 0 spiro atoms. The Hall–Kier alpha value is -1.75. The number of anilines is 1. The molecule has 5 nitrogen and oxygen atoms in total. The third kappa shape index (κ3) is 4.13. The fourth-order valence-corrected chi connectivity index (χ4v) is 2.78. The first kappa shape index (κ1) is 16.6. The van der Waals surface area contributed by atoms with E-state index >= 15 is 0 Å². The Morgan fingerprint density at radius 2 is 1.82 bits per heavy atom. The van der Waals surface area contributed by atoms with Crippen LogP contribution in [0, 0.1) is 0 Å². The molecule has 1 heterocycles. The minimum Gasteiger partial charge on any atom is -0.497 e. The van der Waals surface area contributed by atoms with Crippen molar-refractivity contribution in [2.75, 3.05) is 38.6 Å². The topological polar surface area (TPSA) is 44.8 Å². The molecule has 0 aliphatic carbocycles. The Balaban J connectivity index is 1.80.